The number of piperidine rings is 1. The number of rotatable bonds is 3. The van der Waals surface area contributed by atoms with Gasteiger partial charge >= 0.3 is 0 Å². The van der Waals surface area contributed by atoms with Crippen molar-refractivity contribution in [3.8, 4) is 0 Å². The van der Waals surface area contributed by atoms with Crippen LogP contribution in [0.3, 0.4) is 0 Å². The zero-order valence-electron chi connectivity index (χ0n) is 16.4. The fourth-order valence-electron chi connectivity index (χ4n) is 4.44. The summed E-state index contributed by atoms with van der Waals surface area (Å²) in [5.74, 6) is 0.121. The van der Waals surface area contributed by atoms with Crippen LogP contribution in [-0.2, 0) is 4.79 Å². The summed E-state index contributed by atoms with van der Waals surface area (Å²) < 4.78 is 0. The minimum Gasteiger partial charge on any atom is -0.338 e. The van der Waals surface area contributed by atoms with Crippen molar-refractivity contribution in [2.24, 2.45) is 5.92 Å². The fraction of sp³-hybridized carbons (Fsp3) is 0.435. The van der Waals surface area contributed by atoms with Crippen molar-refractivity contribution >= 4 is 11.8 Å². The minimum absolute atomic E-state index is 0.0320. The Kier molecular flexibility index (Phi) is 5.42. The Morgan fingerprint density at radius 3 is 2.43 bits per heavy atom. The van der Waals surface area contributed by atoms with Crippen molar-refractivity contribution < 1.29 is 9.59 Å². The zero-order chi connectivity index (χ0) is 19.5. The summed E-state index contributed by atoms with van der Waals surface area (Å²) in [5, 5.41) is 0. The van der Waals surface area contributed by atoms with Crippen LogP contribution < -0.4 is 0 Å². The van der Waals surface area contributed by atoms with Gasteiger partial charge in [-0.15, -0.1) is 0 Å². The molecule has 5 heteroatoms. The maximum Gasteiger partial charge on any atom is 0.253 e. The van der Waals surface area contributed by atoms with E-state index in [1.165, 1.54) is 0 Å². The third kappa shape index (κ3) is 3.79. The zero-order valence-corrected chi connectivity index (χ0v) is 16.4. The highest BCUT2D eigenvalue weighted by atomic mass is 16.2. The molecule has 2 aromatic rings. The molecule has 146 valence electrons. The van der Waals surface area contributed by atoms with Crippen molar-refractivity contribution in [2.75, 3.05) is 19.6 Å². The molecule has 28 heavy (non-hydrogen) atoms. The topological polar surface area (TPSA) is 53.5 Å². The Morgan fingerprint density at radius 1 is 0.964 bits per heavy atom. The van der Waals surface area contributed by atoms with Gasteiger partial charge in [0.05, 0.1) is 12.0 Å². The highest BCUT2D eigenvalue weighted by Gasteiger charge is 2.36. The lowest BCUT2D eigenvalue weighted by atomic mass is 9.95. The summed E-state index contributed by atoms with van der Waals surface area (Å²) in [6, 6.07) is 11.8. The molecule has 3 heterocycles. The standard InChI is InChI=1S/C23H27N3O2/c1-17-6-8-19(9-7-17)22(27)25-14-2-4-20(16-25)23(28)26-15-3-5-21(26)18-10-12-24-13-11-18/h6-13,20-21H,2-5,14-16H2,1H3/t20-,21-/m1/s1. The maximum atomic E-state index is 13.3. The number of benzene rings is 1. The van der Waals surface area contributed by atoms with Crippen LogP contribution in [0.5, 0.6) is 0 Å². The normalized spacial score (nSPS) is 22.3. The Hall–Kier alpha value is -2.69. The number of amides is 2. The number of carbonyl (C=O) groups excluding carboxylic acids is 2. The molecule has 1 aromatic heterocycles. The molecular formula is C23H27N3O2. The summed E-state index contributed by atoms with van der Waals surface area (Å²) in [4.78, 5) is 34.2. The second-order valence-electron chi connectivity index (χ2n) is 7.93. The first-order chi connectivity index (χ1) is 13.6. The van der Waals surface area contributed by atoms with E-state index in [2.05, 4.69) is 4.98 Å². The van der Waals surface area contributed by atoms with Crippen LogP contribution in [0, 0.1) is 12.8 Å². The summed E-state index contributed by atoms with van der Waals surface area (Å²) in [6.07, 6.45) is 7.33. The number of aryl methyl sites for hydroxylation is 1. The van der Waals surface area contributed by atoms with Gasteiger partial charge in [-0.1, -0.05) is 17.7 Å². The number of nitrogens with zero attached hydrogens (tertiary/aromatic N) is 3. The summed E-state index contributed by atoms with van der Waals surface area (Å²) in [7, 11) is 0. The third-order valence-electron chi connectivity index (χ3n) is 5.98. The number of likely N-dealkylation sites (tertiary alicyclic amines) is 2. The van der Waals surface area contributed by atoms with Gasteiger partial charge in [0.25, 0.3) is 5.91 Å². The number of pyridine rings is 1. The molecule has 2 atom stereocenters. The second-order valence-corrected chi connectivity index (χ2v) is 7.93. The van der Waals surface area contributed by atoms with Crippen LogP contribution in [0.2, 0.25) is 0 Å². The van der Waals surface area contributed by atoms with Crippen LogP contribution in [0.25, 0.3) is 0 Å². The van der Waals surface area contributed by atoms with E-state index >= 15 is 0 Å². The summed E-state index contributed by atoms with van der Waals surface area (Å²) >= 11 is 0. The maximum absolute atomic E-state index is 13.3. The molecular weight excluding hydrogens is 350 g/mol. The van der Waals surface area contributed by atoms with Gasteiger partial charge < -0.3 is 9.80 Å². The third-order valence-corrected chi connectivity index (χ3v) is 5.98. The molecule has 0 N–H and O–H groups in total. The average molecular weight is 377 g/mol. The Labute approximate surface area is 166 Å². The van der Waals surface area contributed by atoms with Crippen LogP contribution in [0.4, 0.5) is 0 Å². The molecule has 2 aliphatic rings. The molecule has 1 aromatic carbocycles. The quantitative estimate of drug-likeness (QED) is 0.821. The molecule has 0 spiro atoms. The Morgan fingerprint density at radius 2 is 1.68 bits per heavy atom. The van der Waals surface area contributed by atoms with E-state index in [4.69, 9.17) is 0 Å². The first-order valence-electron chi connectivity index (χ1n) is 10.2. The molecule has 0 saturated carbocycles. The van der Waals surface area contributed by atoms with Crippen molar-refractivity contribution in [2.45, 2.75) is 38.6 Å². The molecule has 0 unspecified atom stereocenters. The molecule has 2 saturated heterocycles. The number of aromatic nitrogens is 1. The van der Waals surface area contributed by atoms with Gasteiger partial charge in [-0.05, 0) is 62.4 Å². The van der Waals surface area contributed by atoms with Crippen LogP contribution in [-0.4, -0.2) is 46.2 Å². The van der Waals surface area contributed by atoms with E-state index < -0.39 is 0 Å². The summed E-state index contributed by atoms with van der Waals surface area (Å²) in [6.45, 7) is 4.06. The molecule has 4 rings (SSSR count). The van der Waals surface area contributed by atoms with Crippen molar-refractivity contribution in [3.05, 3.63) is 65.5 Å². The van der Waals surface area contributed by atoms with Crippen molar-refractivity contribution in [1.82, 2.24) is 14.8 Å². The van der Waals surface area contributed by atoms with Gasteiger partial charge in [-0.2, -0.15) is 0 Å². The molecule has 0 bridgehead atoms. The second kappa shape index (κ2) is 8.13. The average Bonchev–Trinajstić information content (AvgIpc) is 3.24. The SMILES string of the molecule is Cc1ccc(C(=O)N2CCC[C@@H](C(=O)N3CCC[C@@H]3c3ccncc3)C2)cc1. The van der Waals surface area contributed by atoms with Crippen LogP contribution in [0.1, 0.15) is 53.2 Å². The van der Waals surface area contributed by atoms with E-state index in [1.807, 2.05) is 53.1 Å². The minimum atomic E-state index is -0.106. The van der Waals surface area contributed by atoms with Gasteiger partial charge in [0.1, 0.15) is 0 Å². The lowest BCUT2D eigenvalue weighted by Crippen LogP contribution is -2.46. The van der Waals surface area contributed by atoms with Gasteiger partial charge in [0.15, 0.2) is 0 Å². The van der Waals surface area contributed by atoms with Gasteiger partial charge in [0, 0.05) is 37.6 Å². The highest BCUT2D eigenvalue weighted by molar-refractivity contribution is 5.94. The summed E-state index contributed by atoms with van der Waals surface area (Å²) in [5.41, 5.74) is 3.00. The first-order valence-corrected chi connectivity index (χ1v) is 10.2. The van der Waals surface area contributed by atoms with E-state index in [-0.39, 0.29) is 23.8 Å². The van der Waals surface area contributed by atoms with Crippen LogP contribution in [0.15, 0.2) is 48.8 Å². The van der Waals surface area contributed by atoms with Crippen molar-refractivity contribution in [1.29, 1.82) is 0 Å². The Bertz CT molecular complexity index is 835. The molecule has 0 aliphatic carbocycles. The monoisotopic (exact) mass is 377 g/mol. The number of carbonyl (C=O) groups is 2. The molecule has 0 radical (unpaired) electrons. The van der Waals surface area contributed by atoms with E-state index in [0.717, 1.165) is 49.9 Å². The highest BCUT2D eigenvalue weighted by Crippen LogP contribution is 2.34. The van der Waals surface area contributed by atoms with Gasteiger partial charge in [-0.3, -0.25) is 14.6 Å². The fourth-order valence-corrected chi connectivity index (χ4v) is 4.44. The number of hydrogen-bond acceptors (Lipinski definition) is 3. The first kappa shape index (κ1) is 18.7. The van der Waals surface area contributed by atoms with E-state index in [0.29, 0.717) is 12.1 Å². The van der Waals surface area contributed by atoms with Crippen LogP contribution >= 0.6 is 0 Å². The van der Waals surface area contributed by atoms with Gasteiger partial charge in [-0.25, -0.2) is 0 Å². The molecule has 2 amide bonds. The molecule has 2 aliphatic heterocycles. The predicted octanol–water partition coefficient (Wildman–Crippen LogP) is 3.61. The molecule has 5 nitrogen and oxygen atoms in total. The van der Waals surface area contributed by atoms with E-state index in [1.54, 1.807) is 12.4 Å². The lowest BCUT2D eigenvalue weighted by Gasteiger charge is -2.35. The molecule has 2 fully saturated rings. The predicted molar refractivity (Wildman–Crippen MR) is 108 cm³/mol. The smallest absolute Gasteiger partial charge is 0.253 e. The van der Waals surface area contributed by atoms with Gasteiger partial charge in [0.2, 0.25) is 5.91 Å². The van der Waals surface area contributed by atoms with E-state index in [9.17, 15) is 9.59 Å². The number of hydrogen-bond donors (Lipinski definition) is 0. The lowest BCUT2D eigenvalue weighted by molar-refractivity contribution is -0.138. The van der Waals surface area contributed by atoms with Crippen molar-refractivity contribution in [3.63, 3.8) is 0 Å². The largest absolute Gasteiger partial charge is 0.338 e. The Balaban J connectivity index is 1.46.